The van der Waals surface area contributed by atoms with E-state index < -0.39 is 5.60 Å². The van der Waals surface area contributed by atoms with Crippen LogP contribution >= 0.6 is 0 Å². The molecule has 0 bridgehead atoms. The molecular formula is C14H20O3. The van der Waals surface area contributed by atoms with Gasteiger partial charge in [0.15, 0.2) is 0 Å². The Morgan fingerprint density at radius 2 is 2.06 bits per heavy atom. The Morgan fingerprint density at radius 1 is 1.35 bits per heavy atom. The highest BCUT2D eigenvalue weighted by atomic mass is 16.5. The van der Waals surface area contributed by atoms with Crippen LogP contribution in [0.2, 0.25) is 0 Å². The summed E-state index contributed by atoms with van der Waals surface area (Å²) in [4.78, 5) is 0. The first-order chi connectivity index (χ1) is 8.11. The van der Waals surface area contributed by atoms with Gasteiger partial charge in [0, 0.05) is 19.4 Å². The summed E-state index contributed by atoms with van der Waals surface area (Å²) in [7, 11) is 0. The van der Waals surface area contributed by atoms with Crippen LogP contribution in [0.4, 0.5) is 0 Å². The second-order valence-electron chi connectivity index (χ2n) is 4.92. The summed E-state index contributed by atoms with van der Waals surface area (Å²) in [5, 5.41) is 19.8. The molecule has 3 nitrogen and oxygen atoms in total. The molecule has 0 aliphatic carbocycles. The fourth-order valence-electron chi connectivity index (χ4n) is 2.42. The Kier molecular flexibility index (Phi) is 3.69. The van der Waals surface area contributed by atoms with Gasteiger partial charge in [0.25, 0.3) is 0 Å². The molecule has 1 aromatic carbocycles. The van der Waals surface area contributed by atoms with Crippen LogP contribution in [0.15, 0.2) is 24.3 Å². The molecule has 0 aromatic heterocycles. The van der Waals surface area contributed by atoms with E-state index in [1.165, 1.54) is 0 Å². The Hall–Kier alpha value is -1.06. The zero-order chi connectivity index (χ0) is 12.3. The summed E-state index contributed by atoms with van der Waals surface area (Å²) in [6.07, 6.45) is 3.13. The molecule has 1 aliphatic rings. The lowest BCUT2D eigenvalue weighted by Gasteiger charge is -2.36. The molecule has 1 heterocycles. The Morgan fingerprint density at radius 3 is 2.71 bits per heavy atom. The molecular weight excluding hydrogens is 216 g/mol. The maximum absolute atomic E-state index is 10.6. The van der Waals surface area contributed by atoms with Crippen LogP contribution in [0.25, 0.3) is 0 Å². The summed E-state index contributed by atoms with van der Waals surface area (Å²) < 4.78 is 5.58. The molecule has 3 heteroatoms. The third kappa shape index (κ3) is 3.20. The maximum atomic E-state index is 10.6. The molecule has 1 aromatic rings. The third-order valence-corrected chi connectivity index (χ3v) is 3.45. The second kappa shape index (κ2) is 5.07. The molecule has 2 N–H and O–H groups in total. The second-order valence-corrected chi connectivity index (χ2v) is 4.92. The lowest BCUT2D eigenvalue weighted by atomic mass is 9.84. The number of rotatable bonds is 3. The highest BCUT2D eigenvalue weighted by molar-refractivity contribution is 5.27. The fourth-order valence-corrected chi connectivity index (χ4v) is 2.42. The first-order valence-electron chi connectivity index (χ1n) is 6.23. The molecule has 2 atom stereocenters. The molecule has 2 unspecified atom stereocenters. The van der Waals surface area contributed by atoms with Crippen LogP contribution in [0.3, 0.4) is 0 Å². The first kappa shape index (κ1) is 12.4. The van der Waals surface area contributed by atoms with Gasteiger partial charge >= 0.3 is 0 Å². The van der Waals surface area contributed by atoms with E-state index in [9.17, 15) is 10.2 Å². The maximum Gasteiger partial charge on any atom is 0.115 e. The van der Waals surface area contributed by atoms with Crippen LogP contribution in [0.5, 0.6) is 5.75 Å². The Labute approximate surface area is 102 Å². The smallest absolute Gasteiger partial charge is 0.115 e. The Bertz CT molecular complexity index is 360. The van der Waals surface area contributed by atoms with E-state index in [-0.39, 0.29) is 11.9 Å². The summed E-state index contributed by atoms with van der Waals surface area (Å²) in [6, 6.07) is 7.05. The summed E-state index contributed by atoms with van der Waals surface area (Å²) in [5.74, 6) is 0.263. The van der Waals surface area contributed by atoms with Gasteiger partial charge in [0.2, 0.25) is 0 Å². The van der Waals surface area contributed by atoms with Crippen LogP contribution < -0.4 is 0 Å². The number of phenolic OH excluding ortho intramolecular Hbond substituents is 1. The average Bonchev–Trinajstić information content (AvgIpc) is 2.32. The van der Waals surface area contributed by atoms with Crippen molar-refractivity contribution in [2.24, 2.45) is 0 Å². The molecule has 1 fully saturated rings. The lowest BCUT2D eigenvalue weighted by Crippen LogP contribution is -2.42. The zero-order valence-corrected chi connectivity index (χ0v) is 10.2. The van der Waals surface area contributed by atoms with Gasteiger partial charge in [-0.1, -0.05) is 19.1 Å². The molecule has 94 valence electrons. The van der Waals surface area contributed by atoms with Gasteiger partial charge in [-0.2, -0.15) is 0 Å². The van der Waals surface area contributed by atoms with Gasteiger partial charge in [0.05, 0.1) is 11.7 Å². The largest absolute Gasteiger partial charge is 0.508 e. The number of phenols is 1. The quantitative estimate of drug-likeness (QED) is 0.846. The predicted octanol–water partition coefficient (Wildman–Crippen LogP) is 2.25. The molecule has 0 spiro atoms. The molecule has 0 radical (unpaired) electrons. The minimum atomic E-state index is -0.657. The van der Waals surface area contributed by atoms with Gasteiger partial charge in [0.1, 0.15) is 5.75 Å². The van der Waals surface area contributed by atoms with E-state index in [1.54, 1.807) is 12.1 Å². The van der Waals surface area contributed by atoms with Crippen LogP contribution in [0.1, 0.15) is 31.7 Å². The highest BCUT2D eigenvalue weighted by Crippen LogP contribution is 2.30. The van der Waals surface area contributed by atoms with E-state index in [0.717, 1.165) is 12.0 Å². The van der Waals surface area contributed by atoms with E-state index >= 15 is 0 Å². The molecule has 1 aliphatic heterocycles. The van der Waals surface area contributed by atoms with Crippen molar-refractivity contribution in [1.82, 2.24) is 0 Å². The zero-order valence-electron chi connectivity index (χ0n) is 10.2. The van der Waals surface area contributed by atoms with Crippen molar-refractivity contribution < 1.29 is 14.9 Å². The van der Waals surface area contributed by atoms with Gasteiger partial charge in [-0.25, -0.2) is 0 Å². The standard InChI is InChI=1S/C14H20O3/c1-2-13-10-14(16,7-8-17-13)9-11-3-5-12(15)6-4-11/h3-6,13,15-16H,2,7-10H2,1H3. The number of hydrogen-bond acceptors (Lipinski definition) is 3. The molecule has 17 heavy (non-hydrogen) atoms. The van der Waals surface area contributed by atoms with Crippen molar-refractivity contribution in [1.29, 1.82) is 0 Å². The minimum Gasteiger partial charge on any atom is -0.508 e. The number of aliphatic hydroxyl groups is 1. The molecule has 0 saturated carbocycles. The van der Waals surface area contributed by atoms with Crippen LogP contribution in [0, 0.1) is 0 Å². The predicted molar refractivity (Wildman–Crippen MR) is 66.0 cm³/mol. The molecule has 1 saturated heterocycles. The summed E-state index contributed by atoms with van der Waals surface area (Å²) in [5.41, 5.74) is 0.401. The van der Waals surface area contributed by atoms with Crippen molar-refractivity contribution in [3.63, 3.8) is 0 Å². The average molecular weight is 236 g/mol. The molecule has 2 rings (SSSR count). The fraction of sp³-hybridized carbons (Fsp3) is 0.571. The van der Waals surface area contributed by atoms with Gasteiger partial charge in [-0.05, 0) is 30.5 Å². The van der Waals surface area contributed by atoms with Crippen molar-refractivity contribution >= 4 is 0 Å². The van der Waals surface area contributed by atoms with Gasteiger partial charge in [-0.3, -0.25) is 0 Å². The number of benzene rings is 1. The van der Waals surface area contributed by atoms with Crippen molar-refractivity contribution in [3.05, 3.63) is 29.8 Å². The molecule has 0 amide bonds. The van der Waals surface area contributed by atoms with Crippen LogP contribution in [-0.4, -0.2) is 28.5 Å². The van der Waals surface area contributed by atoms with E-state index in [2.05, 4.69) is 6.92 Å². The highest BCUT2D eigenvalue weighted by Gasteiger charge is 2.34. The van der Waals surface area contributed by atoms with E-state index in [4.69, 9.17) is 4.74 Å². The SMILES string of the molecule is CCC1CC(O)(Cc2ccc(O)cc2)CCO1. The summed E-state index contributed by atoms with van der Waals surface area (Å²) in [6.45, 7) is 2.71. The number of aromatic hydroxyl groups is 1. The lowest BCUT2D eigenvalue weighted by molar-refractivity contribution is -0.103. The van der Waals surface area contributed by atoms with Crippen molar-refractivity contribution in [3.8, 4) is 5.75 Å². The van der Waals surface area contributed by atoms with Gasteiger partial charge in [-0.15, -0.1) is 0 Å². The first-order valence-corrected chi connectivity index (χ1v) is 6.23. The monoisotopic (exact) mass is 236 g/mol. The number of hydrogen-bond donors (Lipinski definition) is 2. The minimum absolute atomic E-state index is 0.172. The Balaban J connectivity index is 2.03. The van der Waals surface area contributed by atoms with E-state index in [0.29, 0.717) is 25.9 Å². The van der Waals surface area contributed by atoms with Gasteiger partial charge < -0.3 is 14.9 Å². The van der Waals surface area contributed by atoms with Crippen molar-refractivity contribution in [2.75, 3.05) is 6.61 Å². The van der Waals surface area contributed by atoms with E-state index in [1.807, 2.05) is 12.1 Å². The summed E-state index contributed by atoms with van der Waals surface area (Å²) >= 11 is 0. The number of ether oxygens (including phenoxy) is 1. The van der Waals surface area contributed by atoms with Crippen molar-refractivity contribution in [2.45, 2.75) is 44.3 Å². The third-order valence-electron chi connectivity index (χ3n) is 3.45. The topological polar surface area (TPSA) is 49.7 Å². The van der Waals surface area contributed by atoms with Crippen LogP contribution in [-0.2, 0) is 11.2 Å². The normalized spacial score (nSPS) is 29.2.